The molecule has 3 heterocycles. The summed E-state index contributed by atoms with van der Waals surface area (Å²) in [7, 11) is 0. The average molecular weight is 420 g/mol. The summed E-state index contributed by atoms with van der Waals surface area (Å²) < 4.78 is 20.6. The van der Waals surface area contributed by atoms with Crippen LogP contribution in [-0.4, -0.2) is 39.6 Å². The average Bonchev–Trinajstić information content (AvgIpc) is 3.13. The molecule has 26 heavy (non-hydrogen) atoms. The fraction of sp³-hybridized carbons (Fsp3) is 0.474. The van der Waals surface area contributed by atoms with E-state index in [-0.39, 0.29) is 6.10 Å². The van der Waals surface area contributed by atoms with Crippen molar-refractivity contribution in [1.82, 2.24) is 14.5 Å². The molecule has 0 bridgehead atoms. The van der Waals surface area contributed by atoms with Gasteiger partial charge in [0, 0.05) is 16.5 Å². The van der Waals surface area contributed by atoms with Crippen LogP contribution in [0.3, 0.4) is 0 Å². The number of hydrogen-bond acceptors (Lipinski definition) is 5. The van der Waals surface area contributed by atoms with E-state index in [9.17, 15) is 0 Å². The van der Waals surface area contributed by atoms with Crippen LogP contribution in [0.2, 0.25) is 0 Å². The number of pyridine rings is 1. The molecule has 1 aliphatic heterocycles. The van der Waals surface area contributed by atoms with Crippen LogP contribution in [0.25, 0.3) is 21.9 Å². The highest BCUT2D eigenvalue weighted by molar-refractivity contribution is 9.10. The first-order chi connectivity index (χ1) is 12.5. The molecule has 4 rings (SSSR count). The predicted molar refractivity (Wildman–Crippen MR) is 103 cm³/mol. The van der Waals surface area contributed by atoms with E-state index in [1.54, 1.807) is 0 Å². The Labute approximate surface area is 160 Å². The normalized spacial score (nSPS) is 19.6. The lowest BCUT2D eigenvalue weighted by atomic mass is 10.2. The molecular weight excluding hydrogens is 398 g/mol. The Morgan fingerprint density at radius 2 is 2.19 bits per heavy atom. The van der Waals surface area contributed by atoms with Gasteiger partial charge in [-0.3, -0.25) is 4.98 Å². The second kappa shape index (κ2) is 6.88. The van der Waals surface area contributed by atoms with Crippen molar-refractivity contribution >= 4 is 37.9 Å². The van der Waals surface area contributed by atoms with E-state index in [4.69, 9.17) is 19.2 Å². The molecule has 1 fully saturated rings. The van der Waals surface area contributed by atoms with Crippen molar-refractivity contribution in [3.8, 4) is 0 Å². The van der Waals surface area contributed by atoms with E-state index in [1.165, 1.54) is 0 Å². The second-order valence-corrected chi connectivity index (χ2v) is 7.80. The zero-order valence-electron chi connectivity index (χ0n) is 15.2. The number of aromatic nitrogens is 3. The number of rotatable bonds is 5. The molecule has 0 spiro atoms. The van der Waals surface area contributed by atoms with E-state index in [1.807, 2.05) is 39.1 Å². The molecule has 0 unspecified atom stereocenters. The molecule has 0 N–H and O–H groups in total. The molecule has 138 valence electrons. The molecule has 1 aromatic carbocycles. The van der Waals surface area contributed by atoms with E-state index in [0.29, 0.717) is 26.4 Å². The Balaban J connectivity index is 1.83. The third kappa shape index (κ3) is 3.36. The molecule has 1 aliphatic rings. The quantitative estimate of drug-likeness (QED) is 0.624. The van der Waals surface area contributed by atoms with Crippen LogP contribution in [0.1, 0.15) is 26.6 Å². The van der Waals surface area contributed by atoms with Gasteiger partial charge in [-0.05, 0) is 39.0 Å². The van der Waals surface area contributed by atoms with Crippen molar-refractivity contribution in [2.75, 3.05) is 13.2 Å². The van der Waals surface area contributed by atoms with Crippen molar-refractivity contribution in [2.24, 2.45) is 0 Å². The molecule has 1 atom stereocenters. The number of nitrogens with zero attached hydrogens (tertiary/aromatic N) is 3. The molecule has 2 aromatic heterocycles. The predicted octanol–water partition coefficient (Wildman–Crippen LogP) is 4.04. The fourth-order valence-corrected chi connectivity index (χ4v) is 3.74. The molecule has 0 amide bonds. The van der Waals surface area contributed by atoms with Crippen LogP contribution in [0.15, 0.2) is 28.9 Å². The maximum atomic E-state index is 6.03. The maximum Gasteiger partial charge on any atom is 0.163 e. The van der Waals surface area contributed by atoms with Crippen LogP contribution in [0.4, 0.5) is 0 Å². The largest absolute Gasteiger partial charge is 0.374 e. The van der Waals surface area contributed by atoms with Gasteiger partial charge in [0.2, 0.25) is 0 Å². The van der Waals surface area contributed by atoms with Crippen molar-refractivity contribution in [1.29, 1.82) is 0 Å². The third-order valence-electron chi connectivity index (χ3n) is 4.50. The van der Waals surface area contributed by atoms with Gasteiger partial charge in [0.25, 0.3) is 0 Å². The van der Waals surface area contributed by atoms with Crippen LogP contribution >= 0.6 is 15.9 Å². The van der Waals surface area contributed by atoms with Crippen molar-refractivity contribution in [3.05, 3.63) is 34.7 Å². The number of imidazole rings is 1. The van der Waals surface area contributed by atoms with Crippen LogP contribution < -0.4 is 0 Å². The Morgan fingerprint density at radius 1 is 1.35 bits per heavy atom. The van der Waals surface area contributed by atoms with Crippen LogP contribution in [0, 0.1) is 0 Å². The first-order valence-electron chi connectivity index (χ1n) is 8.80. The number of benzene rings is 1. The zero-order valence-corrected chi connectivity index (χ0v) is 16.7. The molecule has 6 nitrogen and oxygen atoms in total. The Bertz CT molecular complexity index is 954. The van der Waals surface area contributed by atoms with Crippen molar-refractivity contribution in [2.45, 2.75) is 45.8 Å². The minimum Gasteiger partial charge on any atom is -0.374 e. The second-order valence-electron chi connectivity index (χ2n) is 6.88. The van der Waals surface area contributed by atoms with Gasteiger partial charge in [-0.2, -0.15) is 0 Å². The summed E-state index contributed by atoms with van der Waals surface area (Å²) in [5.74, 6) is 0.336. The van der Waals surface area contributed by atoms with E-state index in [2.05, 4.69) is 31.5 Å². The van der Waals surface area contributed by atoms with Gasteiger partial charge in [-0.1, -0.05) is 15.9 Å². The number of hydrogen-bond donors (Lipinski definition) is 0. The minimum absolute atomic E-state index is 0.0264. The lowest BCUT2D eigenvalue weighted by Crippen LogP contribution is -2.25. The summed E-state index contributed by atoms with van der Waals surface area (Å²) in [6.45, 7) is 8.20. The molecule has 0 saturated carbocycles. The monoisotopic (exact) mass is 419 g/mol. The molecule has 0 aliphatic carbocycles. The molecule has 0 radical (unpaired) electrons. The standard InChI is InChI=1S/C19H22BrN3O3/c1-4-24-11-17-22-16-8-21-15-7-12(20)5-6-14(15)18(16)23(17)9-13-10-25-19(2,3)26-13/h5-8,13H,4,9-11H2,1-3H3/t13-/m0/s1. The first kappa shape index (κ1) is 17.9. The lowest BCUT2D eigenvalue weighted by Gasteiger charge is -2.18. The number of halogens is 1. The zero-order chi connectivity index (χ0) is 18.3. The van der Waals surface area contributed by atoms with Crippen molar-refractivity contribution in [3.63, 3.8) is 0 Å². The van der Waals surface area contributed by atoms with Gasteiger partial charge in [0.05, 0.1) is 30.4 Å². The Hall–Kier alpha value is -1.54. The van der Waals surface area contributed by atoms with Gasteiger partial charge < -0.3 is 18.8 Å². The Morgan fingerprint density at radius 3 is 2.92 bits per heavy atom. The lowest BCUT2D eigenvalue weighted by molar-refractivity contribution is -0.139. The summed E-state index contributed by atoms with van der Waals surface area (Å²) in [6.07, 6.45) is 1.80. The topological polar surface area (TPSA) is 58.4 Å². The molecule has 3 aromatic rings. The first-order valence-corrected chi connectivity index (χ1v) is 9.59. The maximum absolute atomic E-state index is 6.03. The molecular formula is C19H22BrN3O3. The summed E-state index contributed by atoms with van der Waals surface area (Å²) >= 11 is 3.52. The van der Waals surface area contributed by atoms with E-state index < -0.39 is 5.79 Å². The van der Waals surface area contributed by atoms with Gasteiger partial charge >= 0.3 is 0 Å². The van der Waals surface area contributed by atoms with Gasteiger partial charge in [0.15, 0.2) is 5.79 Å². The number of fused-ring (bicyclic) bond motifs is 3. The van der Waals surface area contributed by atoms with E-state index >= 15 is 0 Å². The molecule has 7 heteroatoms. The fourth-order valence-electron chi connectivity index (χ4n) is 3.39. The Kier molecular flexibility index (Phi) is 4.73. The van der Waals surface area contributed by atoms with E-state index in [0.717, 1.165) is 32.2 Å². The highest BCUT2D eigenvalue weighted by atomic mass is 79.9. The van der Waals surface area contributed by atoms with Gasteiger partial charge in [-0.25, -0.2) is 4.98 Å². The van der Waals surface area contributed by atoms with Gasteiger partial charge in [0.1, 0.15) is 24.1 Å². The summed E-state index contributed by atoms with van der Waals surface area (Å²) in [6, 6.07) is 6.13. The SMILES string of the molecule is CCOCc1nc2cnc3cc(Br)ccc3c2n1C[C@H]1COC(C)(C)O1. The van der Waals surface area contributed by atoms with Crippen LogP contribution in [-0.2, 0) is 27.4 Å². The van der Waals surface area contributed by atoms with Gasteiger partial charge in [-0.15, -0.1) is 0 Å². The molecule has 1 saturated heterocycles. The van der Waals surface area contributed by atoms with Crippen molar-refractivity contribution < 1.29 is 14.2 Å². The summed E-state index contributed by atoms with van der Waals surface area (Å²) in [5, 5.41) is 1.07. The third-order valence-corrected chi connectivity index (χ3v) is 5.00. The van der Waals surface area contributed by atoms with Crippen LogP contribution in [0.5, 0.6) is 0 Å². The summed E-state index contributed by atoms with van der Waals surface area (Å²) in [4.78, 5) is 9.33. The highest BCUT2D eigenvalue weighted by Gasteiger charge is 2.33. The summed E-state index contributed by atoms with van der Waals surface area (Å²) in [5.41, 5.74) is 2.86. The highest BCUT2D eigenvalue weighted by Crippen LogP contribution is 2.30. The smallest absolute Gasteiger partial charge is 0.163 e. The minimum atomic E-state index is -0.546. The number of ether oxygens (including phenoxy) is 3.